The Bertz CT molecular complexity index is 175. The van der Waals surface area contributed by atoms with Crippen LogP contribution in [0.5, 0.6) is 0 Å². The molecule has 4 heteroatoms. The maximum atomic E-state index is 10.9. The van der Waals surface area contributed by atoms with E-state index in [2.05, 4.69) is 16.7 Å². The van der Waals surface area contributed by atoms with Crippen molar-refractivity contribution in [3.8, 4) is 0 Å². The van der Waals surface area contributed by atoms with E-state index in [0.717, 1.165) is 0 Å². The monoisotopic (exact) mass is 157 g/mol. The number of carbonyl (C=O) groups is 2. The number of ketones is 1. The van der Waals surface area contributed by atoms with Crippen LogP contribution in [0.15, 0.2) is 0 Å². The molecule has 0 bridgehead atoms. The Morgan fingerprint density at radius 2 is 2.09 bits per heavy atom. The molecule has 0 spiro atoms. The van der Waals surface area contributed by atoms with E-state index in [9.17, 15) is 9.59 Å². The van der Waals surface area contributed by atoms with Gasteiger partial charge in [0.1, 0.15) is 11.9 Å². The molecule has 0 aromatic carbocycles. The summed E-state index contributed by atoms with van der Waals surface area (Å²) in [6.45, 7) is 3.46. The van der Waals surface area contributed by atoms with E-state index < -0.39 is 12.1 Å². The van der Waals surface area contributed by atoms with Crippen molar-refractivity contribution in [3.05, 3.63) is 6.92 Å². The third-order valence-corrected chi connectivity index (χ3v) is 1.34. The SMILES string of the molecule is [CH2]C1CC(=O)CCC(=O)OO1. The largest absolute Gasteiger partial charge is 0.342 e. The molecule has 11 heavy (non-hydrogen) atoms. The molecule has 1 atom stereocenters. The molecule has 0 amide bonds. The second kappa shape index (κ2) is 3.48. The molecule has 1 fully saturated rings. The van der Waals surface area contributed by atoms with E-state index in [0.29, 0.717) is 0 Å². The van der Waals surface area contributed by atoms with Gasteiger partial charge >= 0.3 is 5.97 Å². The zero-order valence-electron chi connectivity index (χ0n) is 6.04. The minimum absolute atomic E-state index is 0.0124. The summed E-state index contributed by atoms with van der Waals surface area (Å²) in [5.41, 5.74) is 0. The van der Waals surface area contributed by atoms with E-state index in [1.807, 2.05) is 0 Å². The van der Waals surface area contributed by atoms with Gasteiger partial charge in [-0.2, -0.15) is 4.89 Å². The first-order valence-electron chi connectivity index (χ1n) is 3.39. The Labute approximate surface area is 64.4 Å². The minimum atomic E-state index is -0.563. The lowest BCUT2D eigenvalue weighted by Crippen LogP contribution is -2.21. The first kappa shape index (κ1) is 8.20. The van der Waals surface area contributed by atoms with Gasteiger partial charge in [0.15, 0.2) is 0 Å². The number of rotatable bonds is 0. The van der Waals surface area contributed by atoms with Crippen LogP contribution in [0, 0.1) is 6.92 Å². The van der Waals surface area contributed by atoms with Gasteiger partial charge in [-0.3, -0.25) is 9.68 Å². The van der Waals surface area contributed by atoms with Crippen LogP contribution in [0.1, 0.15) is 19.3 Å². The van der Waals surface area contributed by atoms with E-state index in [1.54, 1.807) is 0 Å². The quantitative estimate of drug-likeness (QED) is 0.478. The van der Waals surface area contributed by atoms with E-state index >= 15 is 0 Å². The van der Waals surface area contributed by atoms with Crippen LogP contribution in [0.4, 0.5) is 0 Å². The summed E-state index contributed by atoms with van der Waals surface area (Å²) in [5.74, 6) is -0.520. The lowest BCUT2D eigenvalue weighted by Gasteiger charge is -2.12. The van der Waals surface area contributed by atoms with Crippen LogP contribution in [-0.2, 0) is 19.4 Å². The average molecular weight is 157 g/mol. The predicted octanol–water partition coefficient (Wildman–Crippen LogP) is 0.417. The Morgan fingerprint density at radius 1 is 1.36 bits per heavy atom. The summed E-state index contributed by atoms with van der Waals surface area (Å²) in [6, 6.07) is 0. The van der Waals surface area contributed by atoms with E-state index in [-0.39, 0.29) is 25.0 Å². The molecule has 1 unspecified atom stereocenters. The van der Waals surface area contributed by atoms with Crippen molar-refractivity contribution in [3.63, 3.8) is 0 Å². The summed E-state index contributed by atoms with van der Waals surface area (Å²) in [4.78, 5) is 30.2. The molecule has 1 saturated heterocycles. The highest BCUT2D eigenvalue weighted by Gasteiger charge is 2.18. The standard InChI is InChI=1S/C7H9O4/c1-5-4-6(8)2-3-7(9)11-10-5/h5H,1-4H2. The highest BCUT2D eigenvalue weighted by molar-refractivity contribution is 5.83. The maximum absolute atomic E-state index is 10.9. The molecule has 0 N–H and O–H groups in total. The van der Waals surface area contributed by atoms with Crippen molar-refractivity contribution in [1.82, 2.24) is 0 Å². The van der Waals surface area contributed by atoms with Crippen molar-refractivity contribution in [2.45, 2.75) is 25.4 Å². The summed E-state index contributed by atoms with van der Waals surface area (Å²) < 4.78 is 0. The van der Waals surface area contributed by atoms with Crippen molar-refractivity contribution in [2.24, 2.45) is 0 Å². The first-order valence-corrected chi connectivity index (χ1v) is 3.39. The van der Waals surface area contributed by atoms with Gasteiger partial charge in [0.05, 0.1) is 6.42 Å². The number of Topliss-reactive ketones (excluding diaryl/α,β-unsaturated/α-hetero) is 1. The molecule has 1 aliphatic rings. The maximum Gasteiger partial charge on any atom is 0.342 e. The first-order chi connectivity index (χ1) is 5.18. The van der Waals surface area contributed by atoms with Crippen LogP contribution >= 0.6 is 0 Å². The van der Waals surface area contributed by atoms with Crippen LogP contribution in [0.2, 0.25) is 0 Å². The molecule has 61 valence electrons. The normalized spacial score (nSPS) is 27.2. The summed E-state index contributed by atoms with van der Waals surface area (Å²) in [5, 5.41) is 0. The molecule has 0 saturated carbocycles. The molecular formula is C7H9O4. The number of hydrogen-bond donors (Lipinski definition) is 0. The van der Waals surface area contributed by atoms with E-state index in [1.165, 1.54) is 0 Å². The van der Waals surface area contributed by atoms with Crippen LogP contribution in [0.3, 0.4) is 0 Å². The van der Waals surface area contributed by atoms with Crippen LogP contribution in [-0.4, -0.2) is 17.9 Å². The lowest BCUT2D eigenvalue weighted by atomic mass is 10.1. The summed E-state index contributed by atoms with van der Waals surface area (Å²) in [6.07, 6.45) is -0.0145. The van der Waals surface area contributed by atoms with Gasteiger partial charge in [-0.25, -0.2) is 4.79 Å². The Balaban J connectivity index is 2.47. The average Bonchev–Trinajstić information content (AvgIpc) is 1.95. The highest BCUT2D eigenvalue weighted by atomic mass is 17.2. The fourth-order valence-corrected chi connectivity index (χ4v) is 0.795. The molecule has 0 aromatic heterocycles. The topological polar surface area (TPSA) is 52.6 Å². The molecule has 1 rings (SSSR count). The Kier molecular flexibility index (Phi) is 2.59. The van der Waals surface area contributed by atoms with Crippen molar-refractivity contribution in [2.75, 3.05) is 0 Å². The molecule has 4 nitrogen and oxygen atoms in total. The zero-order chi connectivity index (χ0) is 8.27. The van der Waals surface area contributed by atoms with Gasteiger partial charge in [0.25, 0.3) is 0 Å². The highest BCUT2D eigenvalue weighted by Crippen LogP contribution is 2.08. The fourth-order valence-electron chi connectivity index (χ4n) is 0.795. The lowest BCUT2D eigenvalue weighted by molar-refractivity contribution is -0.291. The second-order valence-electron chi connectivity index (χ2n) is 2.42. The van der Waals surface area contributed by atoms with Gasteiger partial charge in [-0.05, 0) is 6.92 Å². The Morgan fingerprint density at radius 3 is 2.82 bits per heavy atom. The van der Waals surface area contributed by atoms with Crippen LogP contribution < -0.4 is 0 Å². The van der Waals surface area contributed by atoms with Gasteiger partial charge < -0.3 is 0 Å². The van der Waals surface area contributed by atoms with Crippen molar-refractivity contribution >= 4 is 11.8 Å². The Hall–Kier alpha value is -0.900. The molecular weight excluding hydrogens is 148 g/mol. The smallest absolute Gasteiger partial charge is 0.300 e. The molecule has 1 aliphatic heterocycles. The number of carbonyl (C=O) groups excluding carboxylic acids is 2. The van der Waals surface area contributed by atoms with E-state index in [4.69, 9.17) is 0 Å². The fraction of sp³-hybridized carbons (Fsp3) is 0.571. The van der Waals surface area contributed by atoms with Gasteiger partial charge in [0.2, 0.25) is 0 Å². The van der Waals surface area contributed by atoms with Gasteiger partial charge in [-0.15, -0.1) is 0 Å². The minimum Gasteiger partial charge on any atom is -0.300 e. The molecule has 1 radical (unpaired) electrons. The molecule has 1 heterocycles. The summed E-state index contributed by atoms with van der Waals surface area (Å²) in [7, 11) is 0. The predicted molar refractivity (Wildman–Crippen MR) is 35.2 cm³/mol. The molecule has 0 aliphatic carbocycles. The van der Waals surface area contributed by atoms with Crippen molar-refractivity contribution < 1.29 is 19.4 Å². The second-order valence-corrected chi connectivity index (χ2v) is 2.42. The van der Waals surface area contributed by atoms with Gasteiger partial charge in [-0.1, -0.05) is 0 Å². The molecule has 0 aromatic rings. The summed E-state index contributed by atoms with van der Waals surface area (Å²) >= 11 is 0. The third-order valence-electron chi connectivity index (χ3n) is 1.34. The van der Waals surface area contributed by atoms with Crippen molar-refractivity contribution in [1.29, 1.82) is 0 Å². The third kappa shape index (κ3) is 2.67. The van der Waals surface area contributed by atoms with Gasteiger partial charge in [0, 0.05) is 12.8 Å². The van der Waals surface area contributed by atoms with Crippen LogP contribution in [0.25, 0.3) is 0 Å². The zero-order valence-corrected chi connectivity index (χ0v) is 6.04. The number of hydrogen-bond acceptors (Lipinski definition) is 4.